The molecule has 1 heterocycles. The molecule has 1 saturated heterocycles. The quantitative estimate of drug-likeness (QED) is 0.0677. The molecule has 3 N–H and O–H groups in total. The molecular weight excluding hydrogens is 577 g/mol. The van der Waals surface area contributed by atoms with Gasteiger partial charge in [0.1, 0.15) is 5.76 Å². The lowest BCUT2D eigenvalue weighted by atomic mass is 10.2. The van der Waals surface area contributed by atoms with Crippen LogP contribution in [0.5, 0.6) is 0 Å². The van der Waals surface area contributed by atoms with Crippen LogP contribution in [0.15, 0.2) is 105 Å². The molecule has 0 unspecified atom stereocenters. The zero-order valence-corrected chi connectivity index (χ0v) is 27.2. The second-order valence-electron chi connectivity index (χ2n) is 7.78. The normalized spacial score (nSPS) is 14.5. The molecule has 0 aromatic rings. The fraction of sp³-hybridized carbons (Fsp3) is 0.400. The molecule has 1 aliphatic heterocycles. The summed E-state index contributed by atoms with van der Waals surface area (Å²) in [6, 6.07) is 0. The summed E-state index contributed by atoms with van der Waals surface area (Å²) in [6.07, 6.45) is 8.56. The van der Waals surface area contributed by atoms with E-state index in [1.165, 1.54) is 17.8 Å². The molecule has 0 aliphatic carbocycles. The predicted octanol–water partition coefficient (Wildman–Crippen LogP) is 6.51. The first kappa shape index (κ1) is 43.6. The molecule has 0 radical (unpaired) electrons. The topological polar surface area (TPSA) is 103 Å². The highest BCUT2D eigenvalue weighted by molar-refractivity contribution is 8.03. The molecule has 1 fully saturated rings. The van der Waals surface area contributed by atoms with Gasteiger partial charge in [-0.15, -0.1) is 31.5 Å². The first-order valence-electron chi connectivity index (χ1n) is 13.3. The summed E-state index contributed by atoms with van der Waals surface area (Å²) in [4.78, 5) is 16.6. The molecule has 0 bridgehead atoms. The Kier molecular flexibility index (Phi) is 28.7. The van der Waals surface area contributed by atoms with Crippen LogP contribution in [0, 0.1) is 0 Å². The van der Waals surface area contributed by atoms with Gasteiger partial charge >= 0.3 is 6.36 Å². The minimum Gasteiger partial charge on any atom is -0.406 e. The molecule has 0 atom stereocenters. The van der Waals surface area contributed by atoms with E-state index in [0.717, 1.165) is 37.8 Å². The third kappa shape index (κ3) is 29.5. The van der Waals surface area contributed by atoms with E-state index in [9.17, 15) is 13.2 Å². The lowest BCUT2D eigenvalue weighted by molar-refractivity contribution is -0.303. The average molecular weight is 627 g/mol. The minimum absolute atomic E-state index is 0.0688. The van der Waals surface area contributed by atoms with Crippen molar-refractivity contribution in [3.05, 3.63) is 85.1 Å². The smallest absolute Gasteiger partial charge is 0.406 e. The Labute approximate surface area is 260 Å². The number of amidine groups is 1. The van der Waals surface area contributed by atoms with Gasteiger partial charge in [0.05, 0.1) is 12.2 Å². The number of alkyl halides is 3. The highest BCUT2D eigenvalue weighted by atomic mass is 32.2. The first-order valence-corrected chi connectivity index (χ1v) is 14.3. The maximum Gasteiger partial charge on any atom is 0.573 e. The number of ether oxygens (including phenoxy) is 1. The van der Waals surface area contributed by atoms with Gasteiger partial charge in [-0.1, -0.05) is 57.9 Å². The summed E-state index contributed by atoms with van der Waals surface area (Å²) >= 11 is 1.33. The van der Waals surface area contributed by atoms with Gasteiger partial charge in [0, 0.05) is 38.1 Å². The van der Waals surface area contributed by atoms with Crippen molar-refractivity contribution in [2.75, 3.05) is 46.2 Å². The number of hydrogen-bond donors (Lipinski definition) is 2. The van der Waals surface area contributed by atoms with Crippen molar-refractivity contribution in [3.63, 3.8) is 0 Å². The number of thioether (sulfide) groups is 1. The van der Waals surface area contributed by atoms with E-state index in [0.29, 0.717) is 16.6 Å². The molecule has 242 valence electrons. The number of halogens is 3. The standard InChI is InChI=1S/C14H20F3N3OS.C11H17N5.C3H6.C2H6/c1-12(21-14(15,16)17)4-5-13(2)22-11-18-10-20-8-6-19(3)7-9-20;1-5-9(6-2)7-8-10(16-14-4)15-11(12)13-3;1-3-2;1-2/h4-5,10H,1-2,6-9,11H2,3H3;5-8,14H,1,3H2,2,4H3,(H2,12,15,16);3H,1H2,2H3;1-2H3/b5-4-,18-10+;8-7+,9-6+;;. The first-order chi connectivity index (χ1) is 20.3. The molecule has 0 aromatic heterocycles. The number of rotatable bonds is 11. The average Bonchev–Trinajstić information content (AvgIpc) is 2.96. The molecule has 0 amide bonds. The van der Waals surface area contributed by atoms with Crippen molar-refractivity contribution >= 4 is 36.6 Å². The lowest BCUT2D eigenvalue weighted by Gasteiger charge is -2.30. The van der Waals surface area contributed by atoms with E-state index in [1.54, 1.807) is 25.3 Å². The van der Waals surface area contributed by atoms with Crippen LogP contribution < -0.4 is 11.2 Å². The molecule has 43 heavy (non-hydrogen) atoms. The van der Waals surface area contributed by atoms with Crippen molar-refractivity contribution in [1.29, 1.82) is 0 Å². The fourth-order valence-electron chi connectivity index (χ4n) is 2.44. The summed E-state index contributed by atoms with van der Waals surface area (Å²) in [5.74, 6) is 0.463. The largest absolute Gasteiger partial charge is 0.573 e. The number of allylic oxidation sites excluding steroid dienone is 7. The van der Waals surface area contributed by atoms with Gasteiger partial charge in [-0.3, -0.25) is 4.99 Å². The summed E-state index contributed by atoms with van der Waals surface area (Å²) in [5.41, 5.74) is 9.00. The molecule has 1 aliphatic rings. The Hall–Kier alpha value is -3.84. The van der Waals surface area contributed by atoms with E-state index in [4.69, 9.17) is 5.73 Å². The van der Waals surface area contributed by atoms with Crippen molar-refractivity contribution < 1.29 is 17.9 Å². The second-order valence-corrected chi connectivity index (χ2v) is 8.85. The van der Waals surface area contributed by atoms with E-state index in [1.807, 2.05) is 46.2 Å². The Morgan fingerprint density at radius 3 is 2.09 bits per heavy atom. The summed E-state index contributed by atoms with van der Waals surface area (Å²) in [5, 5.41) is 3.92. The van der Waals surface area contributed by atoms with Crippen LogP contribution in [0.2, 0.25) is 0 Å². The maximum absolute atomic E-state index is 11.9. The van der Waals surface area contributed by atoms with Gasteiger partial charge in [-0.2, -0.15) is 10.1 Å². The van der Waals surface area contributed by atoms with Crippen LogP contribution in [0.3, 0.4) is 0 Å². The predicted molar refractivity (Wildman–Crippen MR) is 183 cm³/mol. The van der Waals surface area contributed by atoms with Crippen LogP contribution >= 0.6 is 11.8 Å². The Morgan fingerprint density at radius 2 is 1.63 bits per heavy atom. The van der Waals surface area contributed by atoms with Gasteiger partial charge in [0.2, 0.25) is 5.96 Å². The maximum atomic E-state index is 11.9. The molecular formula is C30H49F3N8OS. The minimum atomic E-state index is -4.72. The van der Waals surface area contributed by atoms with Crippen molar-refractivity contribution in [3.8, 4) is 0 Å². The van der Waals surface area contributed by atoms with Crippen molar-refractivity contribution in [2.24, 2.45) is 25.8 Å². The number of guanidine groups is 1. The molecule has 9 nitrogen and oxygen atoms in total. The number of piperazine rings is 1. The summed E-state index contributed by atoms with van der Waals surface area (Å²) in [6.45, 7) is 28.9. The van der Waals surface area contributed by atoms with Crippen LogP contribution in [0.25, 0.3) is 0 Å². The van der Waals surface area contributed by atoms with Crippen LogP contribution in [0.4, 0.5) is 13.2 Å². The molecule has 1 rings (SSSR count). The zero-order valence-electron chi connectivity index (χ0n) is 26.4. The van der Waals surface area contributed by atoms with Gasteiger partial charge in [0.15, 0.2) is 5.84 Å². The van der Waals surface area contributed by atoms with Crippen LogP contribution in [-0.2, 0) is 4.74 Å². The van der Waals surface area contributed by atoms with Crippen LogP contribution in [0.1, 0.15) is 27.7 Å². The van der Waals surface area contributed by atoms with E-state index < -0.39 is 12.1 Å². The van der Waals surface area contributed by atoms with Gasteiger partial charge in [-0.25, -0.2) is 4.99 Å². The number of nitrogens with zero attached hydrogens (tertiary/aromatic N) is 6. The zero-order chi connectivity index (χ0) is 33.7. The number of aliphatic imine (C=N–C) groups is 3. The summed E-state index contributed by atoms with van der Waals surface area (Å²) in [7, 11) is 3.75. The van der Waals surface area contributed by atoms with E-state index >= 15 is 0 Å². The highest BCUT2D eigenvalue weighted by Gasteiger charge is 2.30. The third-order valence-electron chi connectivity index (χ3n) is 4.42. The number of hydrazone groups is 1. The molecule has 0 spiro atoms. The Morgan fingerprint density at radius 1 is 1.05 bits per heavy atom. The SMILES string of the molecule is C=C(/C=C\C(=C)SC/N=C/N1CCN(C)CC1)OC(F)(F)F.C=CC.C=CC(/C=C/C(N=C(N)N=C)=N\NC)=C\C.CC. The number of likely N-dealkylation sites (N-methyl/N-ethyl adjacent to an activating group) is 1. The Balaban J connectivity index is -0.000000671. The molecule has 0 aromatic carbocycles. The Bertz CT molecular complexity index is 1010. The molecule has 0 saturated carbocycles. The van der Waals surface area contributed by atoms with Crippen LogP contribution in [-0.4, -0.2) is 87.2 Å². The molecule has 13 heteroatoms. The number of nitrogens with one attached hydrogen (secondary N) is 1. The van der Waals surface area contributed by atoms with Gasteiger partial charge in [0.25, 0.3) is 0 Å². The van der Waals surface area contributed by atoms with E-state index in [2.05, 4.69) is 80.1 Å². The van der Waals surface area contributed by atoms with E-state index in [-0.39, 0.29) is 5.96 Å². The third-order valence-corrected chi connectivity index (χ3v) is 5.21. The summed E-state index contributed by atoms with van der Waals surface area (Å²) < 4.78 is 39.4. The second kappa shape index (κ2) is 28.3. The van der Waals surface area contributed by atoms with Crippen molar-refractivity contribution in [2.45, 2.75) is 34.1 Å². The highest BCUT2D eigenvalue weighted by Crippen LogP contribution is 2.21. The lowest BCUT2D eigenvalue weighted by Crippen LogP contribution is -2.43. The number of nitrogens with two attached hydrogens (primary N) is 1. The van der Waals surface area contributed by atoms with Gasteiger partial charge < -0.3 is 25.7 Å². The fourth-order valence-corrected chi connectivity index (χ4v) is 2.91. The number of hydrogen-bond acceptors (Lipinski definition) is 6. The monoisotopic (exact) mass is 626 g/mol. The van der Waals surface area contributed by atoms with Crippen molar-refractivity contribution in [1.82, 2.24) is 15.2 Å². The van der Waals surface area contributed by atoms with Gasteiger partial charge in [-0.05, 0) is 51.4 Å².